The third-order valence-electron chi connectivity index (χ3n) is 0.477. The van der Waals surface area contributed by atoms with Crippen LogP contribution in [0.2, 0.25) is 0 Å². The molecule has 0 saturated heterocycles. The van der Waals surface area contributed by atoms with E-state index < -0.39 is 0 Å². The van der Waals surface area contributed by atoms with Gasteiger partial charge >= 0.3 is 0 Å². The van der Waals surface area contributed by atoms with E-state index in [-0.39, 0.29) is 0 Å². The molecule has 0 aromatic carbocycles. The molecule has 0 rings (SSSR count). The zero-order valence-electron chi connectivity index (χ0n) is 4.68. The maximum absolute atomic E-state index is 10.1. The summed E-state index contributed by atoms with van der Waals surface area (Å²) in [5, 5.41) is 0. The van der Waals surface area contributed by atoms with Gasteiger partial charge in [0.1, 0.15) is 0 Å². The van der Waals surface area contributed by atoms with Crippen molar-refractivity contribution < 1.29 is 4.17 Å². The van der Waals surface area contributed by atoms with E-state index in [1.54, 1.807) is 0 Å². The number of hydrogen-bond acceptors (Lipinski definition) is 2. The molecule has 0 spiro atoms. The van der Waals surface area contributed by atoms with Gasteiger partial charge < -0.3 is 0 Å². The number of hydrogen-bond donors (Lipinski definition) is 0. The van der Waals surface area contributed by atoms with Gasteiger partial charge in [0.15, 0.2) is 7.05 Å². The lowest BCUT2D eigenvalue weighted by atomic mass is 10.6. The summed E-state index contributed by atoms with van der Waals surface area (Å²) < 4.78 is 0.878. The molecule has 0 heterocycles. The van der Waals surface area contributed by atoms with Crippen LogP contribution in [0.4, 0.5) is 0 Å². The Morgan fingerprint density at radius 2 is 2.29 bits per heavy atom. The Labute approximate surface area is 48.0 Å². The van der Waals surface area contributed by atoms with Crippen molar-refractivity contribution in [2.75, 3.05) is 12.8 Å². The maximum Gasteiger partial charge on any atom is 0.212 e. The molecular formula is C4H10NOS+. The van der Waals surface area contributed by atoms with Crippen LogP contribution in [0.3, 0.4) is 0 Å². The third kappa shape index (κ3) is 5.95. The van der Waals surface area contributed by atoms with Crippen molar-refractivity contribution in [3.63, 3.8) is 0 Å². The van der Waals surface area contributed by atoms with Gasteiger partial charge in [-0.15, -0.1) is 0 Å². The van der Waals surface area contributed by atoms with Gasteiger partial charge in [0, 0.05) is 4.91 Å². The van der Waals surface area contributed by atoms with Crippen LogP contribution in [0.15, 0.2) is 0 Å². The van der Waals surface area contributed by atoms with Crippen molar-refractivity contribution >= 4 is 11.9 Å². The Morgan fingerprint density at radius 1 is 1.71 bits per heavy atom. The van der Waals surface area contributed by atoms with E-state index in [0.717, 1.165) is 16.3 Å². The molecule has 0 saturated carbocycles. The molecule has 7 heavy (non-hydrogen) atoms. The van der Waals surface area contributed by atoms with E-state index in [1.807, 2.05) is 0 Å². The van der Waals surface area contributed by atoms with Crippen LogP contribution in [-0.4, -0.2) is 17.0 Å². The fourth-order valence-corrected chi connectivity index (χ4v) is 0.660. The van der Waals surface area contributed by atoms with Gasteiger partial charge in [-0.1, -0.05) is 6.92 Å². The van der Waals surface area contributed by atoms with Crippen LogP contribution in [-0.2, 0) is 0 Å². The summed E-state index contributed by atoms with van der Waals surface area (Å²) in [6, 6.07) is 0. The number of nitroso groups, excluding NO2 is 1. The van der Waals surface area contributed by atoms with Crippen LogP contribution in [0.5, 0.6) is 0 Å². The Bertz CT molecular complexity index is 64.7. The Balaban J connectivity index is 2.82. The first kappa shape index (κ1) is 6.95. The summed E-state index contributed by atoms with van der Waals surface area (Å²) in [5.41, 5.74) is 0. The fourth-order valence-electron chi connectivity index (χ4n) is 0.220. The lowest BCUT2D eigenvalue weighted by Crippen LogP contribution is -1.86. The van der Waals surface area contributed by atoms with Gasteiger partial charge in [0.05, 0.1) is 9.92 Å². The second kappa shape index (κ2) is 4.12. The molecule has 0 bridgehead atoms. The van der Waals surface area contributed by atoms with Crippen LogP contribution in [0.1, 0.15) is 13.3 Å². The highest BCUT2D eigenvalue weighted by Crippen LogP contribution is 1.98. The topological polar surface area (TPSA) is 20.1 Å². The second-order valence-corrected chi connectivity index (χ2v) is 2.45. The van der Waals surface area contributed by atoms with E-state index in [0.29, 0.717) is 0 Å². The molecule has 0 atom stereocenters. The average Bonchev–Trinajstić information content (AvgIpc) is 1.61. The molecule has 0 unspecified atom stereocenters. The zero-order chi connectivity index (χ0) is 5.70. The van der Waals surface area contributed by atoms with E-state index >= 15 is 0 Å². The Morgan fingerprint density at radius 3 is 2.43 bits per heavy atom. The standard InChI is InChI=1S/C4H10NOS/c1-3-4-7-5(2)6/h3-4H2,1-2H3/q+1. The van der Waals surface area contributed by atoms with Crippen LogP contribution < -0.4 is 0 Å². The van der Waals surface area contributed by atoms with Crippen molar-refractivity contribution in [3.05, 3.63) is 4.91 Å². The van der Waals surface area contributed by atoms with Crippen molar-refractivity contribution in [2.24, 2.45) is 0 Å². The fraction of sp³-hybridized carbons (Fsp3) is 1.00. The molecule has 0 aromatic rings. The largest absolute Gasteiger partial charge is 0.212 e. The average molecular weight is 120 g/mol. The van der Waals surface area contributed by atoms with Crippen molar-refractivity contribution in [1.82, 2.24) is 0 Å². The Hall–Kier alpha value is -0.0500. The van der Waals surface area contributed by atoms with E-state index in [2.05, 4.69) is 6.92 Å². The monoisotopic (exact) mass is 120 g/mol. The molecule has 0 aromatic heterocycles. The SMILES string of the molecule is CCCS[N+](C)=O. The predicted molar refractivity (Wildman–Crippen MR) is 32.3 cm³/mol. The molecule has 0 radical (unpaired) electrons. The molecule has 0 aliphatic heterocycles. The van der Waals surface area contributed by atoms with Gasteiger partial charge in [0.2, 0.25) is 11.9 Å². The highest BCUT2D eigenvalue weighted by Gasteiger charge is 1.96. The van der Waals surface area contributed by atoms with Crippen molar-refractivity contribution in [2.45, 2.75) is 13.3 Å². The van der Waals surface area contributed by atoms with Crippen molar-refractivity contribution in [1.29, 1.82) is 0 Å². The molecule has 42 valence electrons. The van der Waals surface area contributed by atoms with Gasteiger partial charge in [-0.25, -0.2) is 0 Å². The predicted octanol–water partition coefficient (Wildman–Crippen LogP) is 1.45. The summed E-state index contributed by atoms with van der Waals surface area (Å²) >= 11 is 1.31. The minimum atomic E-state index is 0.878. The van der Waals surface area contributed by atoms with Gasteiger partial charge in [-0.05, 0) is 6.42 Å². The molecule has 0 fully saturated rings. The summed E-state index contributed by atoms with van der Waals surface area (Å²) in [6.07, 6.45) is 1.07. The lowest BCUT2D eigenvalue weighted by molar-refractivity contribution is -0.331. The third-order valence-corrected chi connectivity index (χ3v) is 1.43. The molecule has 2 nitrogen and oxygen atoms in total. The number of rotatable bonds is 3. The van der Waals surface area contributed by atoms with Crippen LogP contribution >= 0.6 is 11.9 Å². The van der Waals surface area contributed by atoms with E-state index in [1.165, 1.54) is 19.0 Å². The quantitative estimate of drug-likeness (QED) is 0.415. The zero-order valence-corrected chi connectivity index (χ0v) is 5.49. The molecule has 3 heteroatoms. The van der Waals surface area contributed by atoms with Gasteiger partial charge in [-0.2, -0.15) is 0 Å². The minimum Gasteiger partial charge on any atom is -0.0644 e. The van der Waals surface area contributed by atoms with Gasteiger partial charge in [-0.3, -0.25) is 0 Å². The molecule has 0 N–H and O–H groups in total. The minimum absolute atomic E-state index is 0.878. The first-order valence-electron chi connectivity index (χ1n) is 2.31. The number of nitrogens with zero attached hydrogens (tertiary/aromatic N) is 1. The van der Waals surface area contributed by atoms with Crippen LogP contribution in [0, 0.1) is 4.91 Å². The second-order valence-electron chi connectivity index (χ2n) is 1.27. The first-order valence-corrected chi connectivity index (χ1v) is 3.25. The summed E-state index contributed by atoms with van der Waals surface area (Å²) in [5.74, 6) is 0.931. The lowest BCUT2D eigenvalue weighted by Gasteiger charge is -1.77. The van der Waals surface area contributed by atoms with E-state index in [4.69, 9.17) is 0 Å². The van der Waals surface area contributed by atoms with Crippen LogP contribution in [0.25, 0.3) is 0 Å². The molecule has 0 aliphatic carbocycles. The summed E-state index contributed by atoms with van der Waals surface area (Å²) in [6.45, 7) is 2.05. The normalized spacial score (nSPS) is 8.86. The van der Waals surface area contributed by atoms with E-state index in [9.17, 15) is 4.91 Å². The molecule has 0 aliphatic rings. The smallest absolute Gasteiger partial charge is 0.0644 e. The first-order chi connectivity index (χ1) is 3.27. The highest BCUT2D eigenvalue weighted by atomic mass is 32.2. The maximum atomic E-state index is 10.1. The van der Waals surface area contributed by atoms with Gasteiger partial charge in [0.25, 0.3) is 0 Å². The molecule has 0 amide bonds. The summed E-state index contributed by atoms with van der Waals surface area (Å²) in [4.78, 5) is 10.1. The highest BCUT2D eigenvalue weighted by molar-refractivity contribution is 7.93. The van der Waals surface area contributed by atoms with Crippen molar-refractivity contribution in [3.8, 4) is 0 Å². The summed E-state index contributed by atoms with van der Waals surface area (Å²) in [7, 11) is 1.51. The Kier molecular flexibility index (Phi) is 4.09. The molecular weight excluding hydrogens is 110 g/mol.